The molecule has 0 spiro atoms. The number of nitro benzene ring substituents is 1. The molecule has 2 aromatic rings. The first kappa shape index (κ1) is 15.1. The van der Waals surface area contributed by atoms with Crippen LogP contribution in [-0.4, -0.2) is 12.0 Å². The number of methoxy groups -OCH3 is 1. The molecule has 0 aromatic heterocycles. The van der Waals surface area contributed by atoms with Gasteiger partial charge in [0.1, 0.15) is 5.75 Å². The van der Waals surface area contributed by atoms with Crippen LogP contribution in [0.3, 0.4) is 0 Å². The highest BCUT2D eigenvalue weighted by atomic mass is 35.5. The van der Waals surface area contributed by atoms with Gasteiger partial charge in [-0.3, -0.25) is 10.1 Å². The van der Waals surface area contributed by atoms with Gasteiger partial charge in [0.25, 0.3) is 5.69 Å². The SMILES string of the molecule is COc1ccc(Cl)c(NCc2cccc([N+](=O)[O-])c2C)c1. The minimum absolute atomic E-state index is 0.117. The summed E-state index contributed by atoms with van der Waals surface area (Å²) >= 11 is 6.11. The molecule has 2 aromatic carbocycles. The monoisotopic (exact) mass is 306 g/mol. The molecule has 0 aliphatic rings. The molecule has 0 heterocycles. The van der Waals surface area contributed by atoms with Crippen LogP contribution in [0.4, 0.5) is 11.4 Å². The summed E-state index contributed by atoms with van der Waals surface area (Å²) in [7, 11) is 1.58. The first-order chi connectivity index (χ1) is 10.0. The minimum atomic E-state index is -0.378. The fraction of sp³-hybridized carbons (Fsp3) is 0.200. The van der Waals surface area contributed by atoms with Crippen LogP contribution in [0, 0.1) is 17.0 Å². The van der Waals surface area contributed by atoms with Crippen LogP contribution in [0.25, 0.3) is 0 Å². The molecule has 110 valence electrons. The summed E-state index contributed by atoms with van der Waals surface area (Å²) in [6.07, 6.45) is 0. The molecular weight excluding hydrogens is 292 g/mol. The predicted octanol–water partition coefficient (Wildman–Crippen LogP) is 4.18. The molecule has 0 fully saturated rings. The standard InChI is InChI=1S/C15H15ClN2O3/c1-10-11(4-3-5-15(10)18(19)20)9-17-14-8-12(21-2)6-7-13(14)16/h3-8,17H,9H2,1-2H3. The Hall–Kier alpha value is -2.27. The van der Waals surface area contributed by atoms with Crippen molar-refractivity contribution >= 4 is 23.0 Å². The number of nitrogens with one attached hydrogen (secondary N) is 1. The van der Waals surface area contributed by atoms with Crippen molar-refractivity contribution in [1.29, 1.82) is 0 Å². The lowest BCUT2D eigenvalue weighted by Crippen LogP contribution is -2.04. The van der Waals surface area contributed by atoms with Gasteiger partial charge in [0.15, 0.2) is 0 Å². The van der Waals surface area contributed by atoms with Crippen molar-refractivity contribution in [3.63, 3.8) is 0 Å². The average Bonchev–Trinajstić information content (AvgIpc) is 2.47. The van der Waals surface area contributed by atoms with Crippen LogP contribution >= 0.6 is 11.6 Å². The Balaban J connectivity index is 2.21. The zero-order valence-electron chi connectivity index (χ0n) is 11.7. The molecule has 1 N–H and O–H groups in total. The number of ether oxygens (including phenoxy) is 1. The van der Waals surface area contributed by atoms with Gasteiger partial charge in [-0.05, 0) is 24.6 Å². The third kappa shape index (κ3) is 3.44. The first-order valence-corrected chi connectivity index (χ1v) is 6.71. The Labute approximate surface area is 127 Å². The molecule has 0 radical (unpaired) electrons. The molecule has 0 saturated heterocycles. The van der Waals surface area contributed by atoms with Gasteiger partial charge in [0.2, 0.25) is 0 Å². The molecule has 21 heavy (non-hydrogen) atoms. The minimum Gasteiger partial charge on any atom is -0.497 e. The molecule has 2 rings (SSSR count). The van der Waals surface area contributed by atoms with Crippen LogP contribution < -0.4 is 10.1 Å². The van der Waals surface area contributed by atoms with Gasteiger partial charge in [-0.1, -0.05) is 23.7 Å². The van der Waals surface area contributed by atoms with Gasteiger partial charge >= 0.3 is 0 Å². The van der Waals surface area contributed by atoms with Gasteiger partial charge in [0.05, 0.1) is 22.7 Å². The van der Waals surface area contributed by atoms with Gasteiger partial charge in [-0.2, -0.15) is 0 Å². The van der Waals surface area contributed by atoms with E-state index in [1.165, 1.54) is 6.07 Å². The quantitative estimate of drug-likeness (QED) is 0.665. The molecular formula is C15H15ClN2O3. The van der Waals surface area contributed by atoms with Gasteiger partial charge < -0.3 is 10.1 Å². The van der Waals surface area contributed by atoms with E-state index >= 15 is 0 Å². The van der Waals surface area contributed by atoms with Crippen LogP contribution in [0.15, 0.2) is 36.4 Å². The summed E-state index contributed by atoms with van der Waals surface area (Å²) < 4.78 is 5.15. The second kappa shape index (κ2) is 6.45. The average molecular weight is 307 g/mol. The van der Waals surface area contributed by atoms with Crippen molar-refractivity contribution in [2.75, 3.05) is 12.4 Å². The van der Waals surface area contributed by atoms with Crippen molar-refractivity contribution in [1.82, 2.24) is 0 Å². The van der Waals surface area contributed by atoms with E-state index in [0.29, 0.717) is 22.9 Å². The predicted molar refractivity (Wildman–Crippen MR) is 83.2 cm³/mol. The number of hydrogen-bond donors (Lipinski definition) is 1. The second-order valence-electron chi connectivity index (χ2n) is 4.52. The zero-order chi connectivity index (χ0) is 15.4. The van der Waals surface area contributed by atoms with Crippen molar-refractivity contribution in [3.8, 4) is 5.75 Å². The van der Waals surface area contributed by atoms with E-state index in [-0.39, 0.29) is 10.6 Å². The van der Waals surface area contributed by atoms with E-state index < -0.39 is 0 Å². The van der Waals surface area contributed by atoms with Gasteiger partial charge in [-0.25, -0.2) is 0 Å². The number of anilines is 1. The van der Waals surface area contributed by atoms with Crippen molar-refractivity contribution in [2.24, 2.45) is 0 Å². The summed E-state index contributed by atoms with van der Waals surface area (Å²) in [4.78, 5) is 10.6. The normalized spacial score (nSPS) is 10.2. The maximum Gasteiger partial charge on any atom is 0.272 e. The maximum absolute atomic E-state index is 10.9. The Bertz CT molecular complexity index is 674. The van der Waals surface area contributed by atoms with Gasteiger partial charge in [-0.15, -0.1) is 0 Å². The van der Waals surface area contributed by atoms with Crippen molar-refractivity contribution in [2.45, 2.75) is 13.5 Å². The topological polar surface area (TPSA) is 64.4 Å². The fourth-order valence-electron chi connectivity index (χ4n) is 2.02. The summed E-state index contributed by atoms with van der Waals surface area (Å²) in [5, 5.41) is 14.7. The Morgan fingerprint density at radius 1 is 1.33 bits per heavy atom. The summed E-state index contributed by atoms with van der Waals surface area (Å²) in [6, 6.07) is 10.3. The number of halogens is 1. The first-order valence-electron chi connectivity index (χ1n) is 6.33. The lowest BCUT2D eigenvalue weighted by atomic mass is 10.1. The van der Waals surface area contributed by atoms with Crippen LogP contribution in [0.5, 0.6) is 5.75 Å². The van der Waals surface area contributed by atoms with Gasteiger partial charge in [0, 0.05) is 24.2 Å². The lowest BCUT2D eigenvalue weighted by Gasteiger charge is -2.12. The molecule has 0 aliphatic carbocycles. The van der Waals surface area contributed by atoms with E-state index in [9.17, 15) is 10.1 Å². The van der Waals surface area contributed by atoms with Crippen molar-refractivity contribution < 1.29 is 9.66 Å². The largest absolute Gasteiger partial charge is 0.497 e. The highest BCUT2D eigenvalue weighted by Gasteiger charge is 2.13. The molecule has 0 aliphatic heterocycles. The number of benzene rings is 2. The summed E-state index contributed by atoms with van der Waals surface area (Å²) in [5.41, 5.74) is 2.34. The van der Waals surface area contributed by atoms with E-state index in [2.05, 4.69) is 5.32 Å². The Morgan fingerprint density at radius 3 is 2.76 bits per heavy atom. The Morgan fingerprint density at radius 2 is 2.10 bits per heavy atom. The van der Waals surface area contributed by atoms with E-state index in [0.717, 1.165) is 11.3 Å². The third-order valence-corrected chi connectivity index (χ3v) is 3.59. The second-order valence-corrected chi connectivity index (χ2v) is 4.92. The number of nitro groups is 1. The van der Waals surface area contributed by atoms with Crippen LogP contribution in [-0.2, 0) is 6.54 Å². The highest BCUT2D eigenvalue weighted by molar-refractivity contribution is 6.33. The number of rotatable bonds is 5. The smallest absolute Gasteiger partial charge is 0.272 e. The number of hydrogen-bond acceptors (Lipinski definition) is 4. The van der Waals surface area contributed by atoms with Crippen LogP contribution in [0.1, 0.15) is 11.1 Å². The lowest BCUT2D eigenvalue weighted by molar-refractivity contribution is -0.385. The molecule has 0 unspecified atom stereocenters. The van der Waals surface area contributed by atoms with Crippen LogP contribution in [0.2, 0.25) is 5.02 Å². The molecule has 0 atom stereocenters. The molecule has 6 heteroatoms. The van der Waals surface area contributed by atoms with Crippen molar-refractivity contribution in [3.05, 3.63) is 62.7 Å². The highest BCUT2D eigenvalue weighted by Crippen LogP contribution is 2.28. The molecule has 0 bridgehead atoms. The fourth-order valence-corrected chi connectivity index (χ4v) is 2.20. The van der Waals surface area contributed by atoms with E-state index in [1.54, 1.807) is 38.3 Å². The van der Waals surface area contributed by atoms with E-state index in [1.807, 2.05) is 6.07 Å². The third-order valence-electron chi connectivity index (χ3n) is 3.26. The zero-order valence-corrected chi connectivity index (χ0v) is 12.5. The molecule has 0 saturated carbocycles. The molecule has 0 amide bonds. The number of nitrogens with zero attached hydrogens (tertiary/aromatic N) is 1. The Kier molecular flexibility index (Phi) is 4.65. The summed E-state index contributed by atoms with van der Waals surface area (Å²) in [5.74, 6) is 0.692. The summed E-state index contributed by atoms with van der Waals surface area (Å²) in [6.45, 7) is 2.18. The maximum atomic E-state index is 10.9. The van der Waals surface area contributed by atoms with E-state index in [4.69, 9.17) is 16.3 Å². The molecule has 5 nitrogen and oxygen atoms in total.